The lowest BCUT2D eigenvalue weighted by molar-refractivity contribution is -0.0524. The summed E-state index contributed by atoms with van der Waals surface area (Å²) in [5.41, 5.74) is 1.89. The molecule has 2 aliphatic heterocycles. The molecule has 4 bridgehead atoms. The van der Waals surface area contributed by atoms with E-state index >= 15 is 0 Å². The Kier molecular flexibility index (Phi) is 5.83. The van der Waals surface area contributed by atoms with Gasteiger partial charge in [0.05, 0.1) is 16.6 Å². The monoisotopic (exact) mass is 498 g/mol. The van der Waals surface area contributed by atoms with Gasteiger partial charge in [0, 0.05) is 30.4 Å². The quantitative estimate of drug-likeness (QED) is 0.516. The van der Waals surface area contributed by atoms with Gasteiger partial charge in [0.25, 0.3) is 11.1 Å². The molecule has 4 heterocycles. The van der Waals surface area contributed by atoms with E-state index in [1.165, 1.54) is 51.4 Å². The first-order valence-electron chi connectivity index (χ1n) is 14.5. The van der Waals surface area contributed by atoms with E-state index in [9.17, 15) is 9.59 Å². The first-order chi connectivity index (χ1) is 18.0. The van der Waals surface area contributed by atoms with Gasteiger partial charge in [0.2, 0.25) is 0 Å². The van der Waals surface area contributed by atoms with Crippen molar-refractivity contribution in [2.45, 2.75) is 95.3 Å². The second-order valence-corrected chi connectivity index (χ2v) is 12.5. The van der Waals surface area contributed by atoms with Gasteiger partial charge in [-0.2, -0.15) is 0 Å². The Morgan fingerprint density at radius 2 is 1.54 bits per heavy atom. The summed E-state index contributed by atoms with van der Waals surface area (Å²) >= 11 is 0. The summed E-state index contributed by atoms with van der Waals surface area (Å²) in [6, 6.07) is 13.3. The Labute approximate surface area is 218 Å². The van der Waals surface area contributed by atoms with Gasteiger partial charge in [0.1, 0.15) is 5.69 Å². The molecule has 2 saturated carbocycles. The summed E-state index contributed by atoms with van der Waals surface area (Å²) < 4.78 is 2.00. The molecule has 0 spiro atoms. The number of hydrogen-bond acceptors (Lipinski definition) is 4. The minimum atomic E-state index is -0.266. The number of piperidine rings is 2. The summed E-state index contributed by atoms with van der Waals surface area (Å²) in [5.74, 6) is 2.71. The molecule has 0 radical (unpaired) electrons. The molecule has 7 atom stereocenters. The molecule has 1 aromatic carbocycles. The van der Waals surface area contributed by atoms with Gasteiger partial charge in [-0.25, -0.2) is 4.98 Å². The molecule has 2 aromatic heterocycles. The van der Waals surface area contributed by atoms with Crippen molar-refractivity contribution in [1.29, 1.82) is 0 Å². The number of rotatable bonds is 3. The largest absolute Gasteiger partial charge is 0.329 e. The van der Waals surface area contributed by atoms with Crippen molar-refractivity contribution in [2.75, 3.05) is 0 Å². The lowest BCUT2D eigenvalue weighted by atomic mass is 9.65. The van der Waals surface area contributed by atoms with Gasteiger partial charge in [-0.3, -0.25) is 14.5 Å². The average Bonchev–Trinajstić information content (AvgIpc) is 2.87. The number of H-pyrrole nitrogens is 1. The topological polar surface area (TPSA) is 71.0 Å². The summed E-state index contributed by atoms with van der Waals surface area (Å²) in [5, 5.41) is 0. The molecular weight excluding hydrogens is 460 g/mol. The minimum Gasteiger partial charge on any atom is -0.329 e. The van der Waals surface area contributed by atoms with Crippen LogP contribution < -0.4 is 11.1 Å². The van der Waals surface area contributed by atoms with Crippen LogP contribution in [0.5, 0.6) is 0 Å². The van der Waals surface area contributed by atoms with Crippen molar-refractivity contribution in [3.63, 3.8) is 0 Å². The molecule has 3 aromatic rings. The first-order valence-corrected chi connectivity index (χ1v) is 14.5. The zero-order valence-corrected chi connectivity index (χ0v) is 21.8. The van der Waals surface area contributed by atoms with Crippen LogP contribution in [0.25, 0.3) is 22.3 Å². The molecular formula is C31H38N4O2. The maximum absolute atomic E-state index is 14.0. The molecule has 2 saturated heterocycles. The molecule has 7 rings (SSSR count). The number of para-hydroxylation sites is 2. The number of aromatic amines is 1. The number of fused-ring (bicyclic) bond motifs is 5. The highest BCUT2D eigenvalue weighted by molar-refractivity contribution is 5.77. The molecule has 194 valence electrons. The Bertz CT molecular complexity index is 1390. The van der Waals surface area contributed by atoms with E-state index in [2.05, 4.69) is 16.8 Å². The predicted octanol–water partition coefficient (Wildman–Crippen LogP) is 5.52. The molecule has 6 nitrogen and oxygen atoms in total. The van der Waals surface area contributed by atoms with Crippen LogP contribution in [0.15, 0.2) is 52.2 Å². The predicted molar refractivity (Wildman–Crippen MR) is 147 cm³/mol. The highest BCUT2D eigenvalue weighted by Crippen LogP contribution is 2.48. The maximum Gasteiger partial charge on any atom is 0.278 e. The fourth-order valence-electron chi connectivity index (χ4n) is 8.89. The minimum absolute atomic E-state index is 0.131. The molecule has 0 unspecified atom stereocenters. The third-order valence-electron chi connectivity index (χ3n) is 10.0. The highest BCUT2D eigenvalue weighted by atomic mass is 16.1. The van der Waals surface area contributed by atoms with Crippen LogP contribution in [0, 0.1) is 17.8 Å². The van der Waals surface area contributed by atoms with E-state index in [1.54, 1.807) is 18.3 Å². The molecule has 37 heavy (non-hydrogen) atoms. The van der Waals surface area contributed by atoms with E-state index in [1.807, 2.05) is 28.8 Å². The Hall–Kier alpha value is -2.73. The Morgan fingerprint density at radius 1 is 0.811 bits per heavy atom. The summed E-state index contributed by atoms with van der Waals surface area (Å²) in [6.45, 7) is 2.45. The van der Waals surface area contributed by atoms with Gasteiger partial charge < -0.3 is 9.55 Å². The fourth-order valence-corrected chi connectivity index (χ4v) is 8.89. The third kappa shape index (κ3) is 4.08. The Morgan fingerprint density at radius 3 is 2.27 bits per heavy atom. The van der Waals surface area contributed by atoms with E-state index in [4.69, 9.17) is 4.98 Å². The molecule has 4 aliphatic rings. The van der Waals surface area contributed by atoms with Crippen LogP contribution in [0.4, 0.5) is 0 Å². The third-order valence-corrected chi connectivity index (χ3v) is 10.0. The van der Waals surface area contributed by atoms with Gasteiger partial charge in [0.15, 0.2) is 0 Å². The summed E-state index contributed by atoms with van der Waals surface area (Å²) in [6.07, 6.45) is 14.4. The lowest BCUT2D eigenvalue weighted by Crippen LogP contribution is -2.58. The van der Waals surface area contributed by atoms with E-state index < -0.39 is 0 Å². The second kappa shape index (κ2) is 9.23. The number of pyridine rings is 1. The zero-order valence-electron chi connectivity index (χ0n) is 21.8. The first kappa shape index (κ1) is 23.4. The van der Waals surface area contributed by atoms with Crippen molar-refractivity contribution < 1.29 is 0 Å². The standard InChI is InChI=1S/C31H38N4O2/c1-19-12-20-14-21(13-19)16-24(15-20)34-22-6-4-7-23(34)18-25(17-22)35-28-10-3-2-9-27(28)33-29(31(35)37)26-8-5-11-32-30(26)36/h2-3,5,8-11,19-25H,4,6-7,12-18H2,1H3,(H,32,36)/t19-,20-,21+,22-,23+,24+,25+. The number of aromatic nitrogens is 3. The zero-order chi connectivity index (χ0) is 25.1. The van der Waals surface area contributed by atoms with Crippen molar-refractivity contribution >= 4 is 11.0 Å². The molecule has 2 aliphatic carbocycles. The van der Waals surface area contributed by atoms with Crippen molar-refractivity contribution in [3.05, 3.63) is 63.3 Å². The van der Waals surface area contributed by atoms with E-state index in [0.29, 0.717) is 17.6 Å². The van der Waals surface area contributed by atoms with E-state index in [-0.39, 0.29) is 22.9 Å². The maximum atomic E-state index is 14.0. The van der Waals surface area contributed by atoms with Crippen LogP contribution in [-0.2, 0) is 0 Å². The van der Waals surface area contributed by atoms with Crippen LogP contribution >= 0.6 is 0 Å². The smallest absolute Gasteiger partial charge is 0.278 e. The fraction of sp³-hybridized carbons (Fsp3) is 0.581. The summed E-state index contributed by atoms with van der Waals surface area (Å²) in [7, 11) is 0. The van der Waals surface area contributed by atoms with Gasteiger partial charge in [-0.05, 0) is 99.8 Å². The van der Waals surface area contributed by atoms with Gasteiger partial charge in [-0.1, -0.05) is 25.5 Å². The second-order valence-electron chi connectivity index (χ2n) is 12.5. The highest BCUT2D eigenvalue weighted by Gasteiger charge is 2.46. The SMILES string of the molecule is C[C@@H]1C[C@@H]2C[C@H](C1)C[C@@H](N1[C@@H]3CCC[C@H]1C[C@@H](n1c(=O)c(-c4ccc[nH]c4=O)nc4ccccc41)C3)C2. The number of nitrogens with one attached hydrogen (secondary N) is 1. The van der Waals surface area contributed by atoms with Crippen molar-refractivity contribution in [3.8, 4) is 11.3 Å². The molecule has 4 fully saturated rings. The molecule has 0 amide bonds. The van der Waals surface area contributed by atoms with Crippen molar-refractivity contribution in [1.82, 2.24) is 19.4 Å². The number of nitrogens with zero attached hydrogens (tertiary/aromatic N) is 3. The van der Waals surface area contributed by atoms with Crippen LogP contribution in [0.3, 0.4) is 0 Å². The Balaban J connectivity index is 1.26. The van der Waals surface area contributed by atoms with Crippen LogP contribution in [0.2, 0.25) is 0 Å². The van der Waals surface area contributed by atoms with Crippen molar-refractivity contribution in [2.24, 2.45) is 17.8 Å². The molecule has 1 N–H and O–H groups in total. The average molecular weight is 499 g/mol. The molecule has 6 heteroatoms. The number of benzene rings is 1. The van der Waals surface area contributed by atoms with Gasteiger partial charge >= 0.3 is 0 Å². The van der Waals surface area contributed by atoms with Crippen LogP contribution in [0.1, 0.15) is 77.2 Å². The summed E-state index contributed by atoms with van der Waals surface area (Å²) in [4.78, 5) is 37.0. The number of hydrogen-bond donors (Lipinski definition) is 1. The lowest BCUT2D eigenvalue weighted by Gasteiger charge is -2.55. The van der Waals surface area contributed by atoms with Gasteiger partial charge in [-0.15, -0.1) is 0 Å². The normalized spacial score (nSPS) is 33.9. The van der Waals surface area contributed by atoms with Crippen LogP contribution in [-0.4, -0.2) is 37.6 Å². The van der Waals surface area contributed by atoms with E-state index in [0.717, 1.165) is 47.7 Å².